The number of halogens is 1. The first-order chi connectivity index (χ1) is 10.2. The van der Waals surface area contributed by atoms with Gasteiger partial charge in [0.25, 0.3) is 0 Å². The van der Waals surface area contributed by atoms with Crippen LogP contribution in [-0.2, 0) is 4.79 Å². The van der Waals surface area contributed by atoms with Crippen molar-refractivity contribution in [1.29, 1.82) is 0 Å². The van der Waals surface area contributed by atoms with E-state index >= 15 is 0 Å². The lowest BCUT2D eigenvalue weighted by atomic mass is 10.00. The van der Waals surface area contributed by atoms with Crippen molar-refractivity contribution in [1.82, 2.24) is 15.1 Å². The number of rotatable bonds is 5. The van der Waals surface area contributed by atoms with Crippen LogP contribution in [0.1, 0.15) is 46.0 Å². The molecule has 0 aromatic rings. The Labute approximate surface area is 151 Å². The molecule has 0 aliphatic carbocycles. The number of carbonyl (C=O) groups excluding carboxylic acids is 1. The van der Waals surface area contributed by atoms with Crippen LogP contribution in [0.5, 0.6) is 0 Å². The zero-order chi connectivity index (χ0) is 15.1. The number of carbonyl (C=O) groups is 1. The Morgan fingerprint density at radius 3 is 2.64 bits per heavy atom. The van der Waals surface area contributed by atoms with Crippen LogP contribution in [0.3, 0.4) is 0 Å². The van der Waals surface area contributed by atoms with Gasteiger partial charge in [-0.1, -0.05) is 6.92 Å². The van der Waals surface area contributed by atoms with E-state index in [1.807, 2.05) is 4.90 Å². The molecule has 0 spiro atoms. The normalized spacial score (nSPS) is 20.3. The minimum absolute atomic E-state index is 0. The lowest BCUT2D eigenvalue weighted by molar-refractivity contribution is -0.127. The molecular formula is C16H31IN4O. The standard InChI is InChI=1S/C16H30N4O.HI/c1-3-17-16(20-12-7-14(2)8-13-20)18-9-5-11-19-10-4-6-15(19)21;/h14H,3-13H2,1-2H3,(H,17,18);1H. The van der Waals surface area contributed by atoms with Gasteiger partial charge in [-0.05, 0) is 38.5 Å². The molecule has 2 heterocycles. The number of hydrogen-bond donors (Lipinski definition) is 1. The van der Waals surface area contributed by atoms with Gasteiger partial charge in [0.1, 0.15) is 0 Å². The molecule has 0 aromatic heterocycles. The first kappa shape index (κ1) is 19.5. The van der Waals surface area contributed by atoms with Crippen LogP contribution in [0.2, 0.25) is 0 Å². The predicted molar refractivity (Wildman–Crippen MR) is 102 cm³/mol. The lowest BCUT2D eigenvalue weighted by Gasteiger charge is -2.33. The fourth-order valence-electron chi connectivity index (χ4n) is 3.03. The van der Waals surface area contributed by atoms with Crippen molar-refractivity contribution in [2.45, 2.75) is 46.0 Å². The molecule has 2 saturated heterocycles. The first-order valence-electron chi connectivity index (χ1n) is 8.51. The van der Waals surface area contributed by atoms with Crippen LogP contribution in [0.4, 0.5) is 0 Å². The molecule has 0 saturated carbocycles. The Morgan fingerprint density at radius 2 is 2.05 bits per heavy atom. The number of likely N-dealkylation sites (tertiary alicyclic amines) is 2. The van der Waals surface area contributed by atoms with Crippen molar-refractivity contribution in [2.24, 2.45) is 10.9 Å². The summed E-state index contributed by atoms with van der Waals surface area (Å²) in [5.41, 5.74) is 0. The van der Waals surface area contributed by atoms with Crippen molar-refractivity contribution in [3.8, 4) is 0 Å². The van der Waals surface area contributed by atoms with Crippen LogP contribution in [-0.4, -0.2) is 60.9 Å². The van der Waals surface area contributed by atoms with E-state index in [2.05, 4.69) is 24.1 Å². The van der Waals surface area contributed by atoms with Gasteiger partial charge in [-0.15, -0.1) is 24.0 Å². The van der Waals surface area contributed by atoms with Crippen molar-refractivity contribution in [3.63, 3.8) is 0 Å². The highest BCUT2D eigenvalue weighted by atomic mass is 127. The third kappa shape index (κ3) is 5.93. The highest BCUT2D eigenvalue weighted by Gasteiger charge is 2.20. The Bertz CT molecular complexity index is 367. The minimum Gasteiger partial charge on any atom is -0.357 e. The monoisotopic (exact) mass is 422 g/mol. The van der Waals surface area contributed by atoms with E-state index in [1.165, 1.54) is 12.8 Å². The Balaban J connectivity index is 0.00000242. The summed E-state index contributed by atoms with van der Waals surface area (Å²) in [4.78, 5) is 20.7. The average Bonchev–Trinajstić information content (AvgIpc) is 2.89. The molecular weight excluding hydrogens is 391 g/mol. The van der Waals surface area contributed by atoms with Gasteiger partial charge in [-0.3, -0.25) is 9.79 Å². The summed E-state index contributed by atoms with van der Waals surface area (Å²) in [6, 6.07) is 0. The summed E-state index contributed by atoms with van der Waals surface area (Å²) < 4.78 is 0. The largest absolute Gasteiger partial charge is 0.357 e. The molecule has 0 atom stereocenters. The molecule has 5 nitrogen and oxygen atoms in total. The van der Waals surface area contributed by atoms with Gasteiger partial charge in [-0.25, -0.2) is 0 Å². The zero-order valence-electron chi connectivity index (χ0n) is 14.0. The van der Waals surface area contributed by atoms with Crippen LogP contribution < -0.4 is 5.32 Å². The fourth-order valence-corrected chi connectivity index (χ4v) is 3.03. The highest BCUT2D eigenvalue weighted by molar-refractivity contribution is 14.0. The maximum absolute atomic E-state index is 11.6. The Kier molecular flexibility index (Phi) is 9.12. The van der Waals surface area contributed by atoms with E-state index in [-0.39, 0.29) is 24.0 Å². The summed E-state index contributed by atoms with van der Waals surface area (Å²) in [7, 11) is 0. The van der Waals surface area contributed by atoms with Crippen molar-refractivity contribution >= 4 is 35.8 Å². The predicted octanol–water partition coefficient (Wildman–Crippen LogP) is 2.31. The Morgan fingerprint density at radius 1 is 1.32 bits per heavy atom. The summed E-state index contributed by atoms with van der Waals surface area (Å²) in [5.74, 6) is 2.21. The Hall–Kier alpha value is -0.530. The van der Waals surface area contributed by atoms with E-state index in [0.717, 1.165) is 70.4 Å². The lowest BCUT2D eigenvalue weighted by Crippen LogP contribution is -2.45. The van der Waals surface area contributed by atoms with Gasteiger partial charge >= 0.3 is 0 Å². The first-order valence-corrected chi connectivity index (χ1v) is 8.51. The fraction of sp³-hybridized carbons (Fsp3) is 0.875. The highest BCUT2D eigenvalue weighted by Crippen LogP contribution is 2.16. The van der Waals surface area contributed by atoms with E-state index in [1.54, 1.807) is 0 Å². The van der Waals surface area contributed by atoms with E-state index in [0.29, 0.717) is 5.91 Å². The second-order valence-electron chi connectivity index (χ2n) is 6.24. The third-order valence-electron chi connectivity index (χ3n) is 4.44. The van der Waals surface area contributed by atoms with Gasteiger partial charge < -0.3 is 15.1 Å². The maximum Gasteiger partial charge on any atom is 0.222 e. The van der Waals surface area contributed by atoms with Gasteiger partial charge in [0.2, 0.25) is 5.91 Å². The molecule has 2 aliphatic heterocycles. The summed E-state index contributed by atoms with van der Waals surface area (Å²) in [5, 5.41) is 3.40. The number of piperidine rings is 1. The van der Waals surface area contributed by atoms with Gasteiger partial charge in [0.05, 0.1) is 0 Å². The molecule has 2 aliphatic rings. The molecule has 1 N–H and O–H groups in total. The minimum atomic E-state index is 0. The molecule has 2 rings (SSSR count). The molecule has 2 fully saturated rings. The van der Waals surface area contributed by atoms with Crippen molar-refractivity contribution in [3.05, 3.63) is 0 Å². The second-order valence-corrected chi connectivity index (χ2v) is 6.24. The quantitative estimate of drug-likeness (QED) is 0.320. The van der Waals surface area contributed by atoms with Crippen LogP contribution >= 0.6 is 24.0 Å². The molecule has 128 valence electrons. The van der Waals surface area contributed by atoms with Crippen molar-refractivity contribution in [2.75, 3.05) is 39.3 Å². The molecule has 22 heavy (non-hydrogen) atoms. The van der Waals surface area contributed by atoms with Crippen molar-refractivity contribution < 1.29 is 4.79 Å². The van der Waals surface area contributed by atoms with E-state index < -0.39 is 0 Å². The summed E-state index contributed by atoms with van der Waals surface area (Å²) in [6.07, 6.45) is 5.23. The van der Waals surface area contributed by atoms with Crippen LogP contribution in [0.15, 0.2) is 4.99 Å². The number of aliphatic imine (C=N–C) groups is 1. The number of hydrogen-bond acceptors (Lipinski definition) is 2. The topological polar surface area (TPSA) is 47.9 Å². The number of guanidine groups is 1. The average molecular weight is 422 g/mol. The molecule has 6 heteroatoms. The summed E-state index contributed by atoms with van der Waals surface area (Å²) >= 11 is 0. The van der Waals surface area contributed by atoms with E-state index in [9.17, 15) is 4.79 Å². The smallest absolute Gasteiger partial charge is 0.222 e. The molecule has 0 bridgehead atoms. The second kappa shape index (κ2) is 10.3. The molecule has 0 unspecified atom stereocenters. The molecule has 1 amide bonds. The number of amides is 1. The van der Waals surface area contributed by atoms with Gasteiger partial charge in [-0.2, -0.15) is 0 Å². The molecule has 0 aromatic carbocycles. The van der Waals surface area contributed by atoms with Crippen LogP contribution in [0.25, 0.3) is 0 Å². The maximum atomic E-state index is 11.6. The van der Waals surface area contributed by atoms with Gasteiger partial charge in [0, 0.05) is 45.7 Å². The number of nitrogens with zero attached hydrogens (tertiary/aromatic N) is 3. The van der Waals surface area contributed by atoms with Crippen LogP contribution in [0, 0.1) is 5.92 Å². The zero-order valence-corrected chi connectivity index (χ0v) is 16.3. The molecule has 0 radical (unpaired) electrons. The SMILES string of the molecule is CCNC(=NCCCN1CCCC1=O)N1CCC(C)CC1.I. The van der Waals surface area contributed by atoms with E-state index in [4.69, 9.17) is 4.99 Å². The third-order valence-corrected chi connectivity index (χ3v) is 4.44. The van der Waals surface area contributed by atoms with Gasteiger partial charge in [0.15, 0.2) is 5.96 Å². The summed E-state index contributed by atoms with van der Waals surface area (Å²) in [6.45, 7) is 10.2. The number of nitrogens with one attached hydrogen (secondary N) is 1.